The lowest BCUT2D eigenvalue weighted by atomic mass is 10.0. The lowest BCUT2D eigenvalue weighted by Gasteiger charge is -2.25. The predicted octanol–water partition coefficient (Wildman–Crippen LogP) is 6.18. The van der Waals surface area contributed by atoms with E-state index >= 15 is 0 Å². The standard InChI is InChI=1S/C24H25Cl2N3O4.C2H6/c1-31-18-5-3-15(22(12-18)32-2)13-27-24(30)20-14-28-29(17-7-9-33-10-8-17)23(20)19-6-4-16(25)11-21(19)26;1-2/h3-6,11-12,14,17H,7-10,13H2,1-2H3,(H,27,30);1-2H3. The van der Waals surface area contributed by atoms with Crippen molar-refractivity contribution in [2.45, 2.75) is 39.3 Å². The van der Waals surface area contributed by atoms with E-state index in [0.717, 1.165) is 18.4 Å². The molecule has 0 saturated carbocycles. The number of ether oxygens (including phenoxy) is 3. The summed E-state index contributed by atoms with van der Waals surface area (Å²) in [7, 11) is 3.17. The second-order valence-corrected chi connectivity index (χ2v) is 8.52. The third kappa shape index (κ3) is 6.28. The number of rotatable bonds is 7. The number of methoxy groups -OCH3 is 2. The Morgan fingerprint density at radius 1 is 1.11 bits per heavy atom. The van der Waals surface area contributed by atoms with Crippen LogP contribution in [0, 0.1) is 0 Å². The van der Waals surface area contributed by atoms with Crippen molar-refractivity contribution in [3.8, 4) is 22.8 Å². The zero-order valence-corrected chi connectivity index (χ0v) is 21.9. The van der Waals surface area contributed by atoms with Gasteiger partial charge in [-0.25, -0.2) is 0 Å². The molecule has 0 atom stereocenters. The van der Waals surface area contributed by atoms with Crippen LogP contribution in [0.3, 0.4) is 0 Å². The Bertz CT molecular complexity index is 1140. The molecule has 0 spiro atoms. The highest BCUT2D eigenvalue weighted by molar-refractivity contribution is 6.36. The lowest BCUT2D eigenvalue weighted by molar-refractivity contribution is 0.0667. The number of carbonyl (C=O) groups excluding carboxylic acids is 1. The average Bonchev–Trinajstić information content (AvgIpc) is 3.34. The van der Waals surface area contributed by atoms with E-state index in [1.165, 1.54) is 0 Å². The quantitative estimate of drug-likeness (QED) is 0.403. The Kier molecular flexibility index (Phi) is 9.83. The van der Waals surface area contributed by atoms with Gasteiger partial charge in [-0.2, -0.15) is 5.10 Å². The summed E-state index contributed by atoms with van der Waals surface area (Å²) in [5.74, 6) is 1.06. The molecule has 0 aliphatic carbocycles. The van der Waals surface area contributed by atoms with Crippen LogP contribution in [0.2, 0.25) is 10.0 Å². The molecule has 1 N–H and O–H groups in total. The summed E-state index contributed by atoms with van der Waals surface area (Å²) in [6.07, 6.45) is 3.21. The fraction of sp³-hybridized carbons (Fsp3) is 0.385. The molecule has 2 heterocycles. The Morgan fingerprint density at radius 2 is 1.86 bits per heavy atom. The summed E-state index contributed by atoms with van der Waals surface area (Å²) in [6.45, 7) is 5.58. The number of nitrogens with one attached hydrogen (secondary N) is 1. The van der Waals surface area contributed by atoms with Gasteiger partial charge in [0.05, 0.1) is 42.7 Å². The topological polar surface area (TPSA) is 74.6 Å². The first kappa shape index (κ1) is 26.9. The van der Waals surface area contributed by atoms with E-state index in [0.29, 0.717) is 51.6 Å². The molecule has 0 bridgehead atoms. The summed E-state index contributed by atoms with van der Waals surface area (Å²) in [6, 6.07) is 10.8. The highest BCUT2D eigenvalue weighted by atomic mass is 35.5. The Labute approximate surface area is 216 Å². The van der Waals surface area contributed by atoms with Crippen molar-refractivity contribution in [1.82, 2.24) is 15.1 Å². The summed E-state index contributed by atoms with van der Waals surface area (Å²) >= 11 is 12.7. The fourth-order valence-corrected chi connectivity index (χ4v) is 4.45. The molecule has 0 radical (unpaired) electrons. The maximum atomic E-state index is 13.3. The highest BCUT2D eigenvalue weighted by Crippen LogP contribution is 2.36. The fourth-order valence-electron chi connectivity index (χ4n) is 3.95. The van der Waals surface area contributed by atoms with Gasteiger partial charge in [-0.3, -0.25) is 9.48 Å². The first-order valence-electron chi connectivity index (χ1n) is 11.6. The van der Waals surface area contributed by atoms with Crippen molar-refractivity contribution < 1.29 is 19.0 Å². The van der Waals surface area contributed by atoms with Gasteiger partial charge in [0, 0.05) is 42.0 Å². The molecule has 1 aliphatic heterocycles. The van der Waals surface area contributed by atoms with Gasteiger partial charge in [-0.15, -0.1) is 0 Å². The van der Waals surface area contributed by atoms with Crippen molar-refractivity contribution in [3.63, 3.8) is 0 Å². The van der Waals surface area contributed by atoms with E-state index < -0.39 is 0 Å². The molecule has 1 aliphatic rings. The molecular formula is C26H31Cl2N3O4. The van der Waals surface area contributed by atoms with Gasteiger partial charge in [-0.05, 0) is 43.2 Å². The van der Waals surface area contributed by atoms with Gasteiger partial charge in [-0.1, -0.05) is 37.0 Å². The summed E-state index contributed by atoms with van der Waals surface area (Å²) in [4.78, 5) is 13.3. The van der Waals surface area contributed by atoms with Crippen LogP contribution in [0.4, 0.5) is 0 Å². The normalized spacial score (nSPS) is 13.5. The van der Waals surface area contributed by atoms with Crippen LogP contribution in [-0.2, 0) is 11.3 Å². The molecule has 4 rings (SSSR count). The van der Waals surface area contributed by atoms with Crippen LogP contribution in [0.1, 0.15) is 48.7 Å². The van der Waals surface area contributed by atoms with Gasteiger partial charge >= 0.3 is 0 Å². The van der Waals surface area contributed by atoms with Crippen LogP contribution < -0.4 is 14.8 Å². The number of halogens is 2. The first-order chi connectivity index (χ1) is 17.0. The van der Waals surface area contributed by atoms with Crippen LogP contribution in [-0.4, -0.2) is 43.1 Å². The number of nitrogens with zero attached hydrogens (tertiary/aromatic N) is 2. The van der Waals surface area contributed by atoms with E-state index in [9.17, 15) is 4.79 Å². The molecular weight excluding hydrogens is 489 g/mol. The smallest absolute Gasteiger partial charge is 0.255 e. The number of aromatic nitrogens is 2. The molecule has 1 saturated heterocycles. The van der Waals surface area contributed by atoms with E-state index in [-0.39, 0.29) is 18.5 Å². The zero-order valence-electron chi connectivity index (χ0n) is 20.4. The van der Waals surface area contributed by atoms with E-state index in [1.54, 1.807) is 38.6 Å². The molecule has 9 heteroatoms. The minimum absolute atomic E-state index is 0.115. The Morgan fingerprint density at radius 3 is 2.51 bits per heavy atom. The van der Waals surface area contributed by atoms with E-state index in [2.05, 4.69) is 10.4 Å². The van der Waals surface area contributed by atoms with E-state index in [4.69, 9.17) is 37.4 Å². The molecule has 1 amide bonds. The molecule has 188 valence electrons. The van der Waals surface area contributed by atoms with Gasteiger partial charge in [0.15, 0.2) is 0 Å². The van der Waals surface area contributed by atoms with Crippen molar-refractivity contribution in [2.75, 3.05) is 27.4 Å². The van der Waals surface area contributed by atoms with Crippen molar-refractivity contribution >= 4 is 29.1 Å². The van der Waals surface area contributed by atoms with Crippen LogP contribution in [0.25, 0.3) is 11.3 Å². The van der Waals surface area contributed by atoms with Gasteiger partial charge in [0.25, 0.3) is 5.91 Å². The monoisotopic (exact) mass is 519 g/mol. The minimum atomic E-state index is -0.257. The lowest BCUT2D eigenvalue weighted by Crippen LogP contribution is -2.25. The molecule has 7 nitrogen and oxygen atoms in total. The molecule has 35 heavy (non-hydrogen) atoms. The van der Waals surface area contributed by atoms with E-state index in [1.807, 2.05) is 36.7 Å². The van der Waals surface area contributed by atoms with Gasteiger partial charge < -0.3 is 19.5 Å². The second kappa shape index (κ2) is 12.8. The number of amides is 1. The molecule has 1 fully saturated rings. The zero-order chi connectivity index (χ0) is 25.4. The minimum Gasteiger partial charge on any atom is -0.497 e. The van der Waals surface area contributed by atoms with Crippen molar-refractivity contribution in [2.24, 2.45) is 0 Å². The Hall–Kier alpha value is -2.74. The SMILES string of the molecule is CC.COc1ccc(CNC(=O)c2cnn(C3CCOCC3)c2-c2ccc(Cl)cc2Cl)c(OC)c1. The maximum absolute atomic E-state index is 13.3. The number of hydrogen-bond acceptors (Lipinski definition) is 5. The molecule has 2 aromatic carbocycles. The third-order valence-corrected chi connectivity index (χ3v) is 6.24. The third-order valence-electron chi connectivity index (χ3n) is 5.70. The predicted molar refractivity (Wildman–Crippen MR) is 139 cm³/mol. The maximum Gasteiger partial charge on any atom is 0.255 e. The summed E-state index contributed by atoms with van der Waals surface area (Å²) in [5.41, 5.74) is 2.65. The highest BCUT2D eigenvalue weighted by Gasteiger charge is 2.26. The Balaban J connectivity index is 0.00000167. The average molecular weight is 520 g/mol. The summed E-state index contributed by atoms with van der Waals surface area (Å²) in [5, 5.41) is 8.54. The van der Waals surface area contributed by atoms with Crippen LogP contribution in [0.15, 0.2) is 42.6 Å². The van der Waals surface area contributed by atoms with Gasteiger partial charge in [0.1, 0.15) is 11.5 Å². The molecule has 0 unspecified atom stereocenters. The number of carbonyl (C=O) groups is 1. The number of benzene rings is 2. The second-order valence-electron chi connectivity index (χ2n) is 7.68. The van der Waals surface area contributed by atoms with Gasteiger partial charge in [0.2, 0.25) is 0 Å². The number of hydrogen-bond donors (Lipinski definition) is 1. The van der Waals surface area contributed by atoms with Crippen molar-refractivity contribution in [1.29, 1.82) is 0 Å². The van der Waals surface area contributed by atoms with Crippen LogP contribution in [0.5, 0.6) is 11.5 Å². The van der Waals surface area contributed by atoms with Crippen molar-refractivity contribution in [3.05, 3.63) is 63.8 Å². The van der Waals surface area contributed by atoms with Crippen LogP contribution >= 0.6 is 23.2 Å². The largest absolute Gasteiger partial charge is 0.497 e. The summed E-state index contributed by atoms with van der Waals surface area (Å²) < 4.78 is 18.1. The first-order valence-corrected chi connectivity index (χ1v) is 12.4. The molecule has 1 aromatic heterocycles. The molecule has 3 aromatic rings.